The predicted molar refractivity (Wildman–Crippen MR) is 107 cm³/mol. The highest BCUT2D eigenvalue weighted by Crippen LogP contribution is 2.46. The maximum Gasteiger partial charge on any atom is 0.272 e. The lowest BCUT2D eigenvalue weighted by Gasteiger charge is -2.58. The van der Waals surface area contributed by atoms with E-state index >= 15 is 0 Å². The number of halogens is 1. The molecule has 1 aliphatic heterocycles. The molecule has 142 valence electrons. The van der Waals surface area contributed by atoms with Crippen LogP contribution in [0.25, 0.3) is 0 Å². The van der Waals surface area contributed by atoms with E-state index in [9.17, 15) is 14.5 Å². The molecule has 1 saturated heterocycles. The van der Waals surface area contributed by atoms with E-state index in [4.69, 9.17) is 0 Å². The van der Waals surface area contributed by atoms with Crippen LogP contribution in [0.1, 0.15) is 11.1 Å². The first-order chi connectivity index (χ1) is 13.5. The van der Waals surface area contributed by atoms with Crippen molar-refractivity contribution in [3.05, 3.63) is 106 Å². The Bertz CT molecular complexity index is 956. The van der Waals surface area contributed by atoms with Crippen molar-refractivity contribution in [3.8, 4) is 0 Å². The van der Waals surface area contributed by atoms with Gasteiger partial charge in [0.25, 0.3) is 5.69 Å². The summed E-state index contributed by atoms with van der Waals surface area (Å²) >= 11 is 0. The molecule has 1 N–H and O–H groups in total. The van der Waals surface area contributed by atoms with Crippen LogP contribution in [0.3, 0.4) is 0 Å². The van der Waals surface area contributed by atoms with E-state index in [2.05, 4.69) is 34.5 Å². The van der Waals surface area contributed by atoms with Gasteiger partial charge in [-0.15, -0.1) is 0 Å². The van der Waals surface area contributed by atoms with E-state index in [0.717, 1.165) is 17.2 Å². The first-order valence-electron chi connectivity index (χ1n) is 9.06. The SMILES string of the molecule is CN1CC(Nc2ccc([N+](=O)[O-])cc2F)C1(c1ccccc1)c1ccccc1. The number of nitrogens with zero attached hydrogens (tertiary/aromatic N) is 2. The Kier molecular flexibility index (Phi) is 4.57. The maximum atomic E-state index is 14.5. The van der Waals surface area contributed by atoms with Crippen molar-refractivity contribution in [2.45, 2.75) is 11.6 Å². The second-order valence-electron chi connectivity index (χ2n) is 7.00. The monoisotopic (exact) mass is 377 g/mol. The molecule has 0 aromatic heterocycles. The van der Waals surface area contributed by atoms with Crippen molar-refractivity contribution in [3.63, 3.8) is 0 Å². The first kappa shape index (κ1) is 18.1. The lowest BCUT2D eigenvalue weighted by Crippen LogP contribution is -2.69. The molecular formula is C22H20FN3O2. The molecule has 1 heterocycles. The summed E-state index contributed by atoms with van der Waals surface area (Å²) in [6, 6.07) is 23.8. The normalized spacial score (nSPS) is 18.3. The van der Waals surface area contributed by atoms with Crippen molar-refractivity contribution in [1.82, 2.24) is 4.90 Å². The largest absolute Gasteiger partial charge is 0.376 e. The van der Waals surface area contributed by atoms with Gasteiger partial charge in [0.2, 0.25) is 0 Å². The summed E-state index contributed by atoms with van der Waals surface area (Å²) in [5.74, 6) is -0.626. The van der Waals surface area contributed by atoms with Crippen LogP contribution in [-0.4, -0.2) is 29.5 Å². The molecule has 0 spiro atoms. The molecule has 4 rings (SSSR count). The summed E-state index contributed by atoms with van der Waals surface area (Å²) < 4.78 is 14.5. The second-order valence-corrected chi connectivity index (χ2v) is 7.00. The van der Waals surface area contributed by atoms with Gasteiger partial charge < -0.3 is 5.32 Å². The molecule has 1 atom stereocenters. The Morgan fingerprint density at radius 2 is 1.61 bits per heavy atom. The number of likely N-dealkylation sites (tertiary alicyclic amines) is 1. The number of nitrogens with one attached hydrogen (secondary N) is 1. The molecule has 0 saturated carbocycles. The Balaban J connectivity index is 1.76. The third-order valence-electron chi connectivity index (χ3n) is 5.48. The number of hydrogen-bond donors (Lipinski definition) is 1. The molecule has 3 aromatic carbocycles. The number of non-ortho nitro benzene ring substituents is 1. The van der Waals surface area contributed by atoms with Crippen LogP contribution in [0.4, 0.5) is 15.8 Å². The standard InChI is InChI=1S/C22H20FN3O2/c1-25-15-21(24-20-13-12-18(26(27)28)14-19(20)23)22(25,16-8-4-2-5-9-16)17-10-6-3-7-11-17/h2-14,21,24H,15H2,1H3. The molecular weight excluding hydrogens is 357 g/mol. The van der Waals surface area contributed by atoms with Crippen LogP contribution in [0.15, 0.2) is 78.9 Å². The Morgan fingerprint density at radius 1 is 1.04 bits per heavy atom. The van der Waals surface area contributed by atoms with Crippen LogP contribution in [0.2, 0.25) is 0 Å². The fourth-order valence-corrected chi connectivity index (χ4v) is 4.17. The van der Waals surface area contributed by atoms with Gasteiger partial charge in [0.05, 0.1) is 28.3 Å². The van der Waals surface area contributed by atoms with Crippen LogP contribution in [0.5, 0.6) is 0 Å². The quantitative estimate of drug-likeness (QED) is 0.529. The molecule has 0 aliphatic carbocycles. The number of hydrogen-bond acceptors (Lipinski definition) is 4. The van der Waals surface area contributed by atoms with Crippen LogP contribution >= 0.6 is 0 Å². The molecule has 0 bridgehead atoms. The summed E-state index contributed by atoms with van der Waals surface area (Å²) in [5, 5.41) is 14.2. The minimum atomic E-state index is -0.626. The number of likely N-dealkylation sites (N-methyl/N-ethyl adjacent to an activating group) is 1. The summed E-state index contributed by atoms with van der Waals surface area (Å²) in [5.41, 5.74) is 1.76. The van der Waals surface area contributed by atoms with Gasteiger partial charge in [0.1, 0.15) is 0 Å². The summed E-state index contributed by atoms with van der Waals surface area (Å²) in [6.45, 7) is 0.709. The fourth-order valence-electron chi connectivity index (χ4n) is 4.17. The van der Waals surface area contributed by atoms with E-state index in [1.54, 1.807) is 0 Å². The molecule has 1 fully saturated rings. The minimum absolute atomic E-state index is 0.0988. The third kappa shape index (κ3) is 2.82. The average molecular weight is 377 g/mol. The first-order valence-corrected chi connectivity index (χ1v) is 9.06. The topological polar surface area (TPSA) is 58.4 Å². The average Bonchev–Trinajstić information content (AvgIpc) is 2.70. The zero-order chi connectivity index (χ0) is 19.7. The van der Waals surface area contributed by atoms with Crippen molar-refractivity contribution >= 4 is 11.4 Å². The smallest absolute Gasteiger partial charge is 0.272 e. The maximum absolute atomic E-state index is 14.5. The van der Waals surface area contributed by atoms with Gasteiger partial charge in [0, 0.05) is 12.6 Å². The van der Waals surface area contributed by atoms with Crippen LogP contribution < -0.4 is 5.32 Å². The number of anilines is 1. The van der Waals surface area contributed by atoms with E-state index in [-0.39, 0.29) is 17.4 Å². The summed E-state index contributed by atoms with van der Waals surface area (Å²) in [6.07, 6.45) is 0. The molecule has 28 heavy (non-hydrogen) atoms. The Labute approximate surface area is 162 Å². The molecule has 6 heteroatoms. The molecule has 0 radical (unpaired) electrons. The zero-order valence-electron chi connectivity index (χ0n) is 15.4. The highest BCUT2D eigenvalue weighted by Gasteiger charge is 2.54. The van der Waals surface area contributed by atoms with Gasteiger partial charge >= 0.3 is 0 Å². The highest BCUT2D eigenvalue weighted by molar-refractivity contribution is 5.55. The number of nitro groups is 1. The molecule has 5 nitrogen and oxygen atoms in total. The fraction of sp³-hybridized carbons (Fsp3) is 0.182. The zero-order valence-corrected chi connectivity index (χ0v) is 15.4. The minimum Gasteiger partial charge on any atom is -0.376 e. The number of benzene rings is 3. The molecule has 0 amide bonds. The summed E-state index contributed by atoms with van der Waals surface area (Å²) in [4.78, 5) is 12.5. The van der Waals surface area contributed by atoms with Crippen molar-refractivity contribution in [2.24, 2.45) is 0 Å². The third-order valence-corrected chi connectivity index (χ3v) is 5.48. The Morgan fingerprint density at radius 3 is 2.07 bits per heavy atom. The second kappa shape index (κ2) is 7.05. The van der Waals surface area contributed by atoms with Gasteiger partial charge in [-0.05, 0) is 24.2 Å². The Hall–Kier alpha value is -3.25. The van der Waals surface area contributed by atoms with Crippen LogP contribution in [0, 0.1) is 15.9 Å². The van der Waals surface area contributed by atoms with Gasteiger partial charge in [-0.2, -0.15) is 0 Å². The van der Waals surface area contributed by atoms with Crippen LogP contribution in [-0.2, 0) is 5.54 Å². The lowest BCUT2D eigenvalue weighted by atomic mass is 9.69. The van der Waals surface area contributed by atoms with Crippen molar-refractivity contribution in [1.29, 1.82) is 0 Å². The van der Waals surface area contributed by atoms with Gasteiger partial charge in [-0.25, -0.2) is 4.39 Å². The molecule has 3 aromatic rings. The molecule has 1 aliphatic rings. The van der Waals surface area contributed by atoms with Gasteiger partial charge in [-0.3, -0.25) is 15.0 Å². The van der Waals surface area contributed by atoms with E-state index in [1.807, 2.05) is 43.4 Å². The van der Waals surface area contributed by atoms with E-state index in [0.29, 0.717) is 6.54 Å². The highest BCUT2D eigenvalue weighted by atomic mass is 19.1. The number of nitro benzene ring substituents is 1. The van der Waals surface area contributed by atoms with Gasteiger partial charge in [-0.1, -0.05) is 60.7 Å². The van der Waals surface area contributed by atoms with Crippen molar-refractivity contribution < 1.29 is 9.31 Å². The number of rotatable bonds is 5. The van der Waals surface area contributed by atoms with E-state index in [1.165, 1.54) is 12.1 Å². The predicted octanol–water partition coefficient (Wildman–Crippen LogP) is 4.40. The van der Waals surface area contributed by atoms with Crippen molar-refractivity contribution in [2.75, 3.05) is 18.9 Å². The van der Waals surface area contributed by atoms with E-state index < -0.39 is 16.3 Å². The van der Waals surface area contributed by atoms with Gasteiger partial charge in [0.15, 0.2) is 5.82 Å². The molecule has 1 unspecified atom stereocenters. The summed E-state index contributed by atoms with van der Waals surface area (Å²) in [7, 11) is 2.05. The lowest BCUT2D eigenvalue weighted by molar-refractivity contribution is -0.385.